The third-order valence-corrected chi connectivity index (χ3v) is 7.15. The Hall–Kier alpha value is -1.77. The van der Waals surface area contributed by atoms with Crippen molar-refractivity contribution in [3.63, 3.8) is 0 Å². The minimum absolute atomic E-state index is 0.223. The van der Waals surface area contributed by atoms with Crippen molar-refractivity contribution in [2.75, 3.05) is 18.4 Å². The van der Waals surface area contributed by atoms with Gasteiger partial charge in [0.1, 0.15) is 0 Å². The number of aromatic nitrogens is 1. The van der Waals surface area contributed by atoms with E-state index in [-0.39, 0.29) is 10.8 Å². The summed E-state index contributed by atoms with van der Waals surface area (Å²) in [5, 5.41) is 5.10. The molecule has 0 radical (unpaired) electrons. The second-order valence-corrected chi connectivity index (χ2v) is 9.84. The van der Waals surface area contributed by atoms with Crippen LogP contribution in [0, 0.1) is 18.8 Å². The third-order valence-electron chi connectivity index (χ3n) is 4.43. The summed E-state index contributed by atoms with van der Waals surface area (Å²) in [5.74, 6) is 0.393. The molecule has 2 aromatic rings. The lowest BCUT2D eigenvalue weighted by Gasteiger charge is -2.34. The maximum absolute atomic E-state index is 12.9. The number of nitrogens with one attached hydrogen (secondary N) is 1. The number of benzene rings is 1. The first-order valence-corrected chi connectivity index (χ1v) is 10.9. The van der Waals surface area contributed by atoms with Crippen molar-refractivity contribution in [3.8, 4) is 0 Å². The van der Waals surface area contributed by atoms with E-state index in [0.29, 0.717) is 35.6 Å². The Morgan fingerprint density at radius 3 is 2.35 bits per heavy atom. The molecule has 6 nitrogen and oxygen atoms in total. The first-order chi connectivity index (χ1) is 12.3. The second-order valence-electron chi connectivity index (χ2n) is 7.04. The quantitative estimate of drug-likeness (QED) is 0.864. The molecule has 0 unspecified atom stereocenters. The van der Waals surface area contributed by atoms with Gasteiger partial charge in [0, 0.05) is 24.0 Å². The van der Waals surface area contributed by atoms with E-state index >= 15 is 0 Å². The number of nitrogens with zero attached hydrogens (tertiary/aromatic N) is 2. The van der Waals surface area contributed by atoms with E-state index in [1.807, 2.05) is 12.3 Å². The SMILES string of the molecule is Cc1csc(NC(=O)c2ccc(S(=O)(=O)N3C[C@H](C)C[C@@H](C)C3)cc2)n1. The summed E-state index contributed by atoms with van der Waals surface area (Å²) >= 11 is 1.35. The van der Waals surface area contributed by atoms with Crippen molar-refractivity contribution in [1.29, 1.82) is 0 Å². The van der Waals surface area contributed by atoms with E-state index in [0.717, 1.165) is 12.1 Å². The number of piperidine rings is 1. The molecule has 0 aliphatic carbocycles. The van der Waals surface area contributed by atoms with Gasteiger partial charge in [-0.05, 0) is 49.4 Å². The molecule has 1 amide bonds. The van der Waals surface area contributed by atoms with Gasteiger partial charge in [-0.15, -0.1) is 11.3 Å². The van der Waals surface area contributed by atoms with Crippen LogP contribution in [0.1, 0.15) is 36.3 Å². The van der Waals surface area contributed by atoms with E-state index in [9.17, 15) is 13.2 Å². The van der Waals surface area contributed by atoms with Crippen LogP contribution in [0.4, 0.5) is 5.13 Å². The predicted molar refractivity (Wildman–Crippen MR) is 103 cm³/mol. The summed E-state index contributed by atoms with van der Waals surface area (Å²) in [7, 11) is -3.53. The molecule has 26 heavy (non-hydrogen) atoms. The fraction of sp³-hybridized carbons (Fsp3) is 0.444. The molecule has 3 rings (SSSR count). The van der Waals surface area contributed by atoms with Crippen LogP contribution in [-0.2, 0) is 10.0 Å². The Balaban J connectivity index is 1.75. The highest BCUT2D eigenvalue weighted by molar-refractivity contribution is 7.89. The van der Waals surface area contributed by atoms with Crippen LogP contribution >= 0.6 is 11.3 Å². The normalized spacial score (nSPS) is 21.5. The van der Waals surface area contributed by atoms with Gasteiger partial charge in [-0.3, -0.25) is 10.1 Å². The van der Waals surface area contributed by atoms with Crippen LogP contribution in [0.5, 0.6) is 0 Å². The van der Waals surface area contributed by atoms with E-state index < -0.39 is 10.0 Å². The van der Waals surface area contributed by atoms with E-state index in [1.165, 1.54) is 23.5 Å². The Kier molecular flexibility index (Phi) is 5.45. The minimum Gasteiger partial charge on any atom is -0.298 e. The highest BCUT2D eigenvalue weighted by Gasteiger charge is 2.31. The molecule has 1 saturated heterocycles. The number of carbonyl (C=O) groups is 1. The Morgan fingerprint density at radius 1 is 1.19 bits per heavy atom. The number of hydrogen-bond donors (Lipinski definition) is 1. The molecule has 0 saturated carbocycles. The largest absolute Gasteiger partial charge is 0.298 e. The van der Waals surface area contributed by atoms with Crippen molar-refractivity contribution < 1.29 is 13.2 Å². The van der Waals surface area contributed by atoms with Gasteiger partial charge in [-0.2, -0.15) is 4.31 Å². The van der Waals surface area contributed by atoms with Gasteiger partial charge in [0.2, 0.25) is 10.0 Å². The summed E-state index contributed by atoms with van der Waals surface area (Å²) in [6.07, 6.45) is 1.04. The Morgan fingerprint density at radius 2 is 1.81 bits per heavy atom. The van der Waals surface area contributed by atoms with Crippen LogP contribution in [0.2, 0.25) is 0 Å². The molecule has 0 spiro atoms. The fourth-order valence-electron chi connectivity index (χ4n) is 3.31. The molecule has 1 fully saturated rings. The van der Waals surface area contributed by atoms with E-state index in [4.69, 9.17) is 0 Å². The molecule has 1 aliphatic rings. The number of aryl methyl sites for hydroxylation is 1. The van der Waals surface area contributed by atoms with Crippen LogP contribution in [0.3, 0.4) is 0 Å². The maximum Gasteiger partial charge on any atom is 0.257 e. The van der Waals surface area contributed by atoms with Crippen molar-refractivity contribution in [1.82, 2.24) is 9.29 Å². The van der Waals surface area contributed by atoms with Gasteiger partial charge in [-0.25, -0.2) is 13.4 Å². The molecule has 1 N–H and O–H groups in total. The molecule has 8 heteroatoms. The van der Waals surface area contributed by atoms with Gasteiger partial charge in [0.15, 0.2) is 5.13 Å². The average molecular weight is 394 g/mol. The van der Waals surface area contributed by atoms with Gasteiger partial charge in [0.05, 0.1) is 10.6 Å². The van der Waals surface area contributed by atoms with Gasteiger partial charge >= 0.3 is 0 Å². The van der Waals surface area contributed by atoms with Crippen molar-refractivity contribution >= 4 is 32.4 Å². The molecule has 140 valence electrons. The summed E-state index contributed by atoms with van der Waals surface area (Å²) < 4.78 is 27.3. The molecular weight excluding hydrogens is 370 g/mol. The summed E-state index contributed by atoms with van der Waals surface area (Å²) in [6.45, 7) is 7.09. The lowest BCUT2D eigenvalue weighted by Crippen LogP contribution is -2.42. The number of thiazole rings is 1. The van der Waals surface area contributed by atoms with Gasteiger partial charge in [0.25, 0.3) is 5.91 Å². The van der Waals surface area contributed by atoms with Crippen LogP contribution in [0.25, 0.3) is 0 Å². The lowest BCUT2D eigenvalue weighted by atomic mass is 9.94. The molecular formula is C18H23N3O3S2. The average Bonchev–Trinajstić information content (AvgIpc) is 2.99. The lowest BCUT2D eigenvalue weighted by molar-refractivity contribution is 0.102. The standard InChI is InChI=1S/C18H23N3O3S2/c1-12-8-13(2)10-21(9-12)26(23,24)16-6-4-15(5-7-16)17(22)20-18-19-14(3)11-25-18/h4-7,11-13H,8-10H2,1-3H3,(H,19,20,22)/t12-,13-/m1/s1. The minimum atomic E-state index is -3.53. The second kappa shape index (κ2) is 7.46. The summed E-state index contributed by atoms with van der Waals surface area (Å²) in [6, 6.07) is 6.08. The maximum atomic E-state index is 12.9. The molecule has 2 atom stereocenters. The number of amides is 1. The zero-order valence-electron chi connectivity index (χ0n) is 15.1. The first kappa shape index (κ1) is 19.0. The third kappa shape index (κ3) is 4.13. The number of sulfonamides is 1. The molecule has 1 aliphatic heterocycles. The monoisotopic (exact) mass is 393 g/mol. The predicted octanol–water partition coefficient (Wildman–Crippen LogP) is 3.37. The molecule has 1 aromatic carbocycles. The highest BCUT2D eigenvalue weighted by Crippen LogP contribution is 2.27. The van der Waals surface area contributed by atoms with E-state index in [2.05, 4.69) is 24.1 Å². The molecule has 1 aromatic heterocycles. The van der Waals surface area contributed by atoms with Crippen LogP contribution < -0.4 is 5.32 Å². The number of rotatable bonds is 4. The molecule has 2 heterocycles. The van der Waals surface area contributed by atoms with Gasteiger partial charge < -0.3 is 0 Å². The Labute approximate surface area is 158 Å². The first-order valence-electron chi connectivity index (χ1n) is 8.59. The number of anilines is 1. The smallest absolute Gasteiger partial charge is 0.257 e. The van der Waals surface area contributed by atoms with Crippen LogP contribution in [0.15, 0.2) is 34.5 Å². The van der Waals surface area contributed by atoms with Crippen molar-refractivity contribution in [2.45, 2.75) is 32.1 Å². The summed E-state index contributed by atoms with van der Waals surface area (Å²) in [4.78, 5) is 16.7. The Bertz CT molecular complexity index is 881. The van der Waals surface area contributed by atoms with Crippen molar-refractivity contribution in [3.05, 3.63) is 40.9 Å². The van der Waals surface area contributed by atoms with Crippen LogP contribution in [-0.4, -0.2) is 36.7 Å². The fourth-order valence-corrected chi connectivity index (χ4v) is 5.67. The number of hydrogen-bond acceptors (Lipinski definition) is 5. The highest BCUT2D eigenvalue weighted by atomic mass is 32.2. The molecule has 0 bridgehead atoms. The summed E-state index contributed by atoms with van der Waals surface area (Å²) in [5.41, 5.74) is 1.24. The van der Waals surface area contributed by atoms with E-state index in [1.54, 1.807) is 16.4 Å². The van der Waals surface area contributed by atoms with Crippen molar-refractivity contribution in [2.24, 2.45) is 11.8 Å². The van der Waals surface area contributed by atoms with Gasteiger partial charge in [-0.1, -0.05) is 13.8 Å². The topological polar surface area (TPSA) is 79.4 Å². The number of carbonyl (C=O) groups excluding carboxylic acids is 1. The zero-order valence-corrected chi connectivity index (χ0v) is 16.7. The zero-order chi connectivity index (χ0) is 18.9.